The van der Waals surface area contributed by atoms with E-state index < -0.39 is 23.7 Å². The Balaban J connectivity index is 1.87. The third-order valence-electron chi connectivity index (χ3n) is 5.79. The van der Waals surface area contributed by atoms with E-state index in [1.807, 2.05) is 19.9 Å². The van der Waals surface area contributed by atoms with Crippen LogP contribution in [-0.2, 0) is 14.3 Å². The molecule has 1 saturated heterocycles. The van der Waals surface area contributed by atoms with Crippen LogP contribution >= 0.6 is 15.9 Å². The molecule has 0 spiro atoms. The largest absolute Gasteiger partial charge is 0.507 e. The van der Waals surface area contributed by atoms with Crippen molar-refractivity contribution in [2.75, 3.05) is 11.5 Å². The number of Topliss-reactive ketones (excluding diaryl/α,β-unsaturated/α-hetero) is 1. The van der Waals surface area contributed by atoms with Crippen LogP contribution < -0.4 is 4.90 Å². The molecule has 0 saturated carbocycles. The molecular weight excluding hydrogens is 510 g/mol. The average molecular weight is 534 g/mol. The number of hydrogen-bond donors (Lipinski definition) is 1. The number of esters is 1. The maximum atomic E-state index is 13.3. The fourth-order valence-electron chi connectivity index (χ4n) is 4.06. The lowest BCUT2D eigenvalue weighted by atomic mass is 9.94. The molecule has 4 rings (SSSR count). The number of amides is 1. The van der Waals surface area contributed by atoms with Gasteiger partial charge in [0, 0.05) is 15.7 Å². The number of aryl methyl sites for hydroxylation is 1. The topological polar surface area (TPSA) is 83.9 Å². The molecule has 0 radical (unpaired) electrons. The van der Waals surface area contributed by atoms with Crippen LogP contribution in [-0.4, -0.2) is 29.4 Å². The Kier molecular flexibility index (Phi) is 7.17. The molecule has 0 bridgehead atoms. The van der Waals surface area contributed by atoms with Crippen molar-refractivity contribution in [2.45, 2.75) is 26.3 Å². The smallest absolute Gasteiger partial charge is 0.338 e. The molecular formula is C28H24BrNO5. The van der Waals surface area contributed by atoms with E-state index in [9.17, 15) is 19.5 Å². The molecule has 178 valence electrons. The van der Waals surface area contributed by atoms with Crippen molar-refractivity contribution in [1.29, 1.82) is 0 Å². The fraction of sp³-hybridized carbons (Fsp3) is 0.179. The molecule has 1 atom stereocenters. The van der Waals surface area contributed by atoms with E-state index in [0.29, 0.717) is 23.2 Å². The van der Waals surface area contributed by atoms with Crippen LogP contribution in [0.5, 0.6) is 0 Å². The number of ether oxygens (including phenoxy) is 1. The molecule has 1 heterocycles. The first kappa shape index (κ1) is 24.4. The maximum absolute atomic E-state index is 13.3. The van der Waals surface area contributed by atoms with Gasteiger partial charge in [-0.15, -0.1) is 0 Å². The summed E-state index contributed by atoms with van der Waals surface area (Å²) in [5.74, 6) is -2.34. The minimum Gasteiger partial charge on any atom is -0.507 e. The summed E-state index contributed by atoms with van der Waals surface area (Å²) in [7, 11) is 0. The van der Waals surface area contributed by atoms with Gasteiger partial charge in [0.1, 0.15) is 5.76 Å². The number of halogens is 1. The van der Waals surface area contributed by atoms with Gasteiger partial charge in [0.2, 0.25) is 0 Å². The molecule has 3 aromatic carbocycles. The third-order valence-corrected chi connectivity index (χ3v) is 6.68. The van der Waals surface area contributed by atoms with Crippen LogP contribution in [0, 0.1) is 6.92 Å². The second-order valence-electron chi connectivity index (χ2n) is 8.23. The molecule has 1 aliphatic rings. The van der Waals surface area contributed by atoms with Gasteiger partial charge in [0.15, 0.2) is 0 Å². The van der Waals surface area contributed by atoms with Crippen LogP contribution in [0.2, 0.25) is 0 Å². The summed E-state index contributed by atoms with van der Waals surface area (Å²) in [6, 6.07) is 19.8. The minimum absolute atomic E-state index is 0.0121. The summed E-state index contributed by atoms with van der Waals surface area (Å²) in [5.41, 5.74) is 2.58. The molecule has 1 amide bonds. The predicted molar refractivity (Wildman–Crippen MR) is 137 cm³/mol. The zero-order chi connectivity index (χ0) is 25.1. The molecule has 1 aliphatic heterocycles. The summed E-state index contributed by atoms with van der Waals surface area (Å²) in [4.78, 5) is 40.4. The van der Waals surface area contributed by atoms with Crippen LogP contribution in [0.15, 0.2) is 82.8 Å². The number of nitrogens with zero attached hydrogens (tertiary/aromatic N) is 1. The Hall–Kier alpha value is -3.71. The number of carbonyl (C=O) groups excluding carboxylic acids is 3. The number of aliphatic hydroxyl groups is 1. The zero-order valence-electron chi connectivity index (χ0n) is 19.3. The summed E-state index contributed by atoms with van der Waals surface area (Å²) in [5, 5.41) is 11.3. The highest BCUT2D eigenvalue weighted by Gasteiger charge is 2.47. The van der Waals surface area contributed by atoms with Gasteiger partial charge in [-0.2, -0.15) is 0 Å². The van der Waals surface area contributed by atoms with Crippen molar-refractivity contribution in [3.05, 3.63) is 105 Å². The normalized spacial score (nSPS) is 17.0. The van der Waals surface area contributed by atoms with Crippen LogP contribution in [0.1, 0.15) is 46.4 Å². The molecule has 6 nitrogen and oxygen atoms in total. The standard InChI is InChI=1S/C28H24BrNO5/c1-3-14-35-28(34)20-10-7-11-21(16-20)30-24(18-8-5-4-6-9-18)23(26(32)27(30)33)25(31)19-12-13-22(29)17(2)15-19/h4-13,15-16,24,31H,3,14H2,1-2H3/b25-23+. The monoisotopic (exact) mass is 533 g/mol. The molecule has 1 unspecified atom stereocenters. The van der Waals surface area contributed by atoms with Crippen molar-refractivity contribution < 1.29 is 24.2 Å². The summed E-state index contributed by atoms with van der Waals surface area (Å²) < 4.78 is 6.09. The van der Waals surface area contributed by atoms with Crippen molar-refractivity contribution >= 4 is 45.0 Å². The second-order valence-corrected chi connectivity index (χ2v) is 9.08. The Morgan fingerprint density at radius 3 is 2.43 bits per heavy atom. The number of benzene rings is 3. The van der Waals surface area contributed by atoms with E-state index in [2.05, 4.69) is 15.9 Å². The van der Waals surface area contributed by atoms with E-state index >= 15 is 0 Å². The lowest BCUT2D eigenvalue weighted by molar-refractivity contribution is -0.132. The molecule has 0 aliphatic carbocycles. The highest BCUT2D eigenvalue weighted by atomic mass is 79.9. The van der Waals surface area contributed by atoms with Gasteiger partial charge in [0.25, 0.3) is 11.7 Å². The first-order valence-electron chi connectivity index (χ1n) is 11.2. The third kappa shape index (κ3) is 4.77. The van der Waals surface area contributed by atoms with Gasteiger partial charge in [-0.3, -0.25) is 14.5 Å². The Morgan fingerprint density at radius 2 is 1.74 bits per heavy atom. The summed E-state index contributed by atoms with van der Waals surface area (Å²) >= 11 is 3.44. The highest BCUT2D eigenvalue weighted by molar-refractivity contribution is 9.10. The first-order chi connectivity index (χ1) is 16.8. The number of anilines is 1. The number of aliphatic hydroxyl groups excluding tert-OH is 1. The van der Waals surface area contributed by atoms with Gasteiger partial charge in [-0.1, -0.05) is 65.3 Å². The number of hydrogen-bond acceptors (Lipinski definition) is 5. The van der Waals surface area contributed by atoms with Gasteiger partial charge in [0.05, 0.1) is 23.8 Å². The quantitative estimate of drug-likeness (QED) is 0.183. The van der Waals surface area contributed by atoms with Gasteiger partial charge >= 0.3 is 5.97 Å². The maximum Gasteiger partial charge on any atom is 0.338 e. The fourth-order valence-corrected chi connectivity index (χ4v) is 4.30. The van der Waals surface area contributed by atoms with Crippen LogP contribution in [0.4, 0.5) is 5.69 Å². The van der Waals surface area contributed by atoms with Crippen molar-refractivity contribution in [3.63, 3.8) is 0 Å². The summed E-state index contributed by atoms with van der Waals surface area (Å²) in [6.07, 6.45) is 0.684. The molecule has 3 aromatic rings. The lowest BCUT2D eigenvalue weighted by Gasteiger charge is -2.25. The van der Waals surface area contributed by atoms with E-state index in [0.717, 1.165) is 10.0 Å². The number of carbonyl (C=O) groups is 3. The Labute approximate surface area is 212 Å². The number of rotatable bonds is 6. The zero-order valence-corrected chi connectivity index (χ0v) is 20.9. The molecule has 1 N–H and O–H groups in total. The molecule has 1 fully saturated rings. The second kappa shape index (κ2) is 10.3. The average Bonchev–Trinajstić information content (AvgIpc) is 3.14. The molecule has 7 heteroatoms. The van der Waals surface area contributed by atoms with Crippen molar-refractivity contribution in [3.8, 4) is 0 Å². The predicted octanol–water partition coefficient (Wildman–Crippen LogP) is 5.95. The van der Waals surface area contributed by atoms with E-state index in [1.165, 1.54) is 11.0 Å². The van der Waals surface area contributed by atoms with Gasteiger partial charge in [-0.05, 0) is 54.8 Å². The van der Waals surface area contributed by atoms with Crippen LogP contribution in [0.25, 0.3) is 5.76 Å². The SMILES string of the molecule is CCCOC(=O)c1cccc(N2C(=O)C(=O)/C(=C(/O)c3ccc(Br)c(C)c3)C2c2ccccc2)c1. The summed E-state index contributed by atoms with van der Waals surface area (Å²) in [6.45, 7) is 4.05. The number of ketones is 1. The van der Waals surface area contributed by atoms with E-state index in [4.69, 9.17) is 4.74 Å². The first-order valence-corrected chi connectivity index (χ1v) is 12.0. The molecule has 35 heavy (non-hydrogen) atoms. The van der Waals surface area contributed by atoms with E-state index in [1.54, 1.807) is 60.7 Å². The minimum atomic E-state index is -0.873. The highest BCUT2D eigenvalue weighted by Crippen LogP contribution is 2.42. The Morgan fingerprint density at radius 1 is 1.00 bits per heavy atom. The van der Waals surface area contributed by atoms with Gasteiger partial charge in [-0.25, -0.2) is 4.79 Å². The van der Waals surface area contributed by atoms with Crippen LogP contribution in [0.3, 0.4) is 0 Å². The van der Waals surface area contributed by atoms with Crippen molar-refractivity contribution in [2.24, 2.45) is 0 Å². The molecule has 0 aromatic heterocycles. The van der Waals surface area contributed by atoms with E-state index in [-0.39, 0.29) is 23.5 Å². The Bertz CT molecular complexity index is 1330. The van der Waals surface area contributed by atoms with Gasteiger partial charge < -0.3 is 9.84 Å². The van der Waals surface area contributed by atoms with Crippen molar-refractivity contribution in [1.82, 2.24) is 0 Å². The lowest BCUT2D eigenvalue weighted by Crippen LogP contribution is -2.29.